The molecule has 1 aliphatic carbocycles. The topological polar surface area (TPSA) is 112 Å². The van der Waals surface area contributed by atoms with Crippen molar-refractivity contribution < 1.29 is 18.3 Å². The van der Waals surface area contributed by atoms with Gasteiger partial charge in [0, 0.05) is 6.04 Å². The van der Waals surface area contributed by atoms with E-state index in [1.807, 2.05) is 13.8 Å². The third-order valence-electron chi connectivity index (χ3n) is 3.66. The molecule has 7 nitrogen and oxygen atoms in total. The third-order valence-corrected chi connectivity index (χ3v) is 5.10. The number of carboxylic acid groups (broad SMARTS) is 1. The third kappa shape index (κ3) is 2.64. The van der Waals surface area contributed by atoms with Crippen molar-refractivity contribution in [2.75, 3.05) is 0 Å². The number of aromatic carboxylic acids is 1. The molecule has 0 radical (unpaired) electrons. The lowest BCUT2D eigenvalue weighted by Crippen LogP contribution is -2.41. The van der Waals surface area contributed by atoms with Gasteiger partial charge in [-0.2, -0.15) is 5.10 Å². The highest BCUT2D eigenvalue weighted by molar-refractivity contribution is 7.89. The molecule has 3 N–H and O–H groups in total. The zero-order chi connectivity index (χ0) is 14.3. The van der Waals surface area contributed by atoms with Gasteiger partial charge in [0.2, 0.25) is 0 Å². The Morgan fingerprint density at radius 1 is 1.58 bits per heavy atom. The Morgan fingerprint density at radius 2 is 2.26 bits per heavy atom. The number of hydrogen-bond acceptors (Lipinski definition) is 4. The number of rotatable bonds is 4. The van der Waals surface area contributed by atoms with Gasteiger partial charge in [-0.1, -0.05) is 20.3 Å². The number of aromatic amines is 1. The fourth-order valence-corrected chi connectivity index (χ4v) is 3.95. The maximum absolute atomic E-state index is 12.2. The standard InChI is InChI=1S/C11H17N3O4S/c1-11(2)5-3-4-8(11)14-19(17,18)9-7(10(15)16)6-12-13-9/h6,8,14H,3-5H2,1-2H3,(H,12,13)(H,15,16). The van der Waals surface area contributed by atoms with Gasteiger partial charge < -0.3 is 5.11 Å². The largest absolute Gasteiger partial charge is 0.478 e. The summed E-state index contributed by atoms with van der Waals surface area (Å²) >= 11 is 0. The molecule has 1 atom stereocenters. The molecule has 1 unspecified atom stereocenters. The van der Waals surface area contributed by atoms with Crippen LogP contribution in [-0.4, -0.2) is 35.7 Å². The quantitative estimate of drug-likeness (QED) is 0.763. The molecule has 0 aliphatic heterocycles. The summed E-state index contributed by atoms with van der Waals surface area (Å²) < 4.78 is 27.0. The van der Waals surface area contributed by atoms with E-state index in [-0.39, 0.29) is 22.0 Å². The first-order valence-corrected chi connectivity index (χ1v) is 7.51. The summed E-state index contributed by atoms with van der Waals surface area (Å²) in [5.74, 6) is -1.32. The van der Waals surface area contributed by atoms with Crippen LogP contribution >= 0.6 is 0 Å². The Hall–Kier alpha value is -1.41. The molecular weight excluding hydrogens is 270 g/mol. The number of aromatic nitrogens is 2. The molecule has 8 heteroatoms. The number of carbonyl (C=O) groups is 1. The SMILES string of the molecule is CC1(C)CCCC1NS(=O)(=O)c1[nH]ncc1C(=O)O. The molecule has 106 valence electrons. The minimum Gasteiger partial charge on any atom is -0.478 e. The first-order chi connectivity index (χ1) is 8.74. The molecule has 0 aromatic carbocycles. The Kier molecular flexibility index (Phi) is 3.40. The molecule has 1 aliphatic rings. The van der Waals surface area contributed by atoms with E-state index in [1.165, 1.54) is 0 Å². The maximum Gasteiger partial charge on any atom is 0.340 e. The highest BCUT2D eigenvalue weighted by atomic mass is 32.2. The molecule has 19 heavy (non-hydrogen) atoms. The second kappa shape index (κ2) is 4.61. The predicted molar refractivity (Wildman–Crippen MR) is 67.3 cm³/mol. The van der Waals surface area contributed by atoms with E-state index in [0.29, 0.717) is 0 Å². The monoisotopic (exact) mass is 287 g/mol. The summed E-state index contributed by atoms with van der Waals surface area (Å²) in [6, 6.07) is -0.192. The zero-order valence-electron chi connectivity index (χ0n) is 10.8. The van der Waals surface area contributed by atoms with Crippen LogP contribution in [0.1, 0.15) is 43.5 Å². The van der Waals surface area contributed by atoms with Gasteiger partial charge >= 0.3 is 5.97 Å². The lowest BCUT2D eigenvalue weighted by atomic mass is 9.88. The van der Waals surface area contributed by atoms with Crippen LogP contribution in [0.3, 0.4) is 0 Å². The van der Waals surface area contributed by atoms with Crippen LogP contribution < -0.4 is 4.72 Å². The average molecular weight is 287 g/mol. The molecule has 1 aromatic rings. The summed E-state index contributed by atoms with van der Waals surface area (Å²) in [7, 11) is -3.90. The van der Waals surface area contributed by atoms with Gasteiger partial charge in [0.25, 0.3) is 10.0 Å². The van der Waals surface area contributed by atoms with Crippen molar-refractivity contribution in [1.29, 1.82) is 0 Å². The van der Waals surface area contributed by atoms with E-state index >= 15 is 0 Å². The minimum absolute atomic E-state index is 0.128. The number of nitrogens with one attached hydrogen (secondary N) is 2. The van der Waals surface area contributed by atoms with Gasteiger partial charge in [0.05, 0.1) is 6.20 Å². The Morgan fingerprint density at radius 3 is 2.79 bits per heavy atom. The number of hydrogen-bond donors (Lipinski definition) is 3. The van der Waals surface area contributed by atoms with Crippen molar-refractivity contribution in [2.24, 2.45) is 5.41 Å². The maximum atomic E-state index is 12.2. The first-order valence-electron chi connectivity index (χ1n) is 6.03. The van der Waals surface area contributed by atoms with Gasteiger partial charge in [0.1, 0.15) is 5.56 Å². The van der Waals surface area contributed by atoms with Gasteiger partial charge in [-0.25, -0.2) is 17.9 Å². The summed E-state index contributed by atoms with van der Waals surface area (Å²) in [4.78, 5) is 10.9. The second-order valence-electron chi connectivity index (χ2n) is 5.47. The predicted octanol–water partition coefficient (Wildman–Crippen LogP) is 0.965. The number of nitrogens with zero attached hydrogens (tertiary/aromatic N) is 1. The van der Waals surface area contributed by atoms with Crippen LogP contribution in [0, 0.1) is 5.41 Å². The van der Waals surface area contributed by atoms with E-state index in [4.69, 9.17) is 5.11 Å². The van der Waals surface area contributed by atoms with Crippen molar-refractivity contribution in [2.45, 2.75) is 44.2 Å². The van der Waals surface area contributed by atoms with Crippen LogP contribution in [0.15, 0.2) is 11.2 Å². The molecule has 2 rings (SSSR count). The van der Waals surface area contributed by atoms with E-state index in [0.717, 1.165) is 25.5 Å². The molecule has 0 amide bonds. The second-order valence-corrected chi connectivity index (χ2v) is 7.12. The van der Waals surface area contributed by atoms with Crippen molar-refractivity contribution in [3.63, 3.8) is 0 Å². The smallest absolute Gasteiger partial charge is 0.340 e. The van der Waals surface area contributed by atoms with Gasteiger partial charge in [-0.05, 0) is 18.3 Å². The highest BCUT2D eigenvalue weighted by Gasteiger charge is 2.38. The van der Waals surface area contributed by atoms with E-state index in [2.05, 4.69) is 14.9 Å². The number of sulfonamides is 1. The van der Waals surface area contributed by atoms with Crippen molar-refractivity contribution in [3.8, 4) is 0 Å². The molecular formula is C11H17N3O4S. The number of H-pyrrole nitrogens is 1. The van der Waals surface area contributed by atoms with Crippen molar-refractivity contribution >= 4 is 16.0 Å². The first kappa shape index (κ1) is 14.0. The molecule has 1 aromatic heterocycles. The lowest BCUT2D eigenvalue weighted by Gasteiger charge is -2.27. The fraction of sp³-hybridized carbons (Fsp3) is 0.636. The van der Waals surface area contributed by atoms with Crippen LogP contribution in [0.25, 0.3) is 0 Å². The Bertz CT molecular complexity index is 591. The van der Waals surface area contributed by atoms with Gasteiger partial charge in [-0.15, -0.1) is 0 Å². The highest BCUT2D eigenvalue weighted by Crippen LogP contribution is 2.37. The van der Waals surface area contributed by atoms with E-state index in [1.54, 1.807) is 0 Å². The summed E-state index contributed by atoms with van der Waals surface area (Å²) in [6.07, 6.45) is 3.64. The van der Waals surface area contributed by atoms with E-state index in [9.17, 15) is 13.2 Å². The normalized spacial score (nSPS) is 22.5. The summed E-state index contributed by atoms with van der Waals surface area (Å²) in [5, 5.41) is 14.3. The number of carboxylic acids is 1. The molecule has 1 fully saturated rings. The molecule has 1 heterocycles. The van der Waals surface area contributed by atoms with Crippen LogP contribution in [0.5, 0.6) is 0 Å². The van der Waals surface area contributed by atoms with Crippen LogP contribution in [-0.2, 0) is 10.0 Å². The van der Waals surface area contributed by atoms with Crippen molar-refractivity contribution in [3.05, 3.63) is 11.8 Å². The lowest BCUT2D eigenvalue weighted by molar-refractivity contribution is 0.0692. The summed E-state index contributed by atoms with van der Waals surface area (Å²) in [5.41, 5.74) is -0.473. The van der Waals surface area contributed by atoms with Crippen molar-refractivity contribution in [1.82, 2.24) is 14.9 Å². The molecule has 1 saturated carbocycles. The summed E-state index contributed by atoms with van der Waals surface area (Å²) in [6.45, 7) is 4.00. The van der Waals surface area contributed by atoms with Gasteiger partial charge in [0.15, 0.2) is 5.03 Å². The Balaban J connectivity index is 2.28. The molecule has 0 saturated heterocycles. The average Bonchev–Trinajstić information content (AvgIpc) is 2.86. The fourth-order valence-electron chi connectivity index (χ4n) is 2.42. The van der Waals surface area contributed by atoms with Crippen LogP contribution in [0.4, 0.5) is 0 Å². The van der Waals surface area contributed by atoms with Gasteiger partial charge in [-0.3, -0.25) is 5.10 Å². The Labute approximate surface area is 111 Å². The van der Waals surface area contributed by atoms with E-state index < -0.39 is 16.0 Å². The molecule has 0 bridgehead atoms. The molecule has 0 spiro atoms. The zero-order valence-corrected chi connectivity index (χ0v) is 11.6. The minimum atomic E-state index is -3.90. The van der Waals surface area contributed by atoms with Crippen LogP contribution in [0.2, 0.25) is 0 Å².